The molecular formula is C12H25NO3. The van der Waals surface area contributed by atoms with Crippen LogP contribution in [0.2, 0.25) is 0 Å². The summed E-state index contributed by atoms with van der Waals surface area (Å²) in [5, 5.41) is 9.26. The molecule has 0 bridgehead atoms. The number of aliphatic hydroxyl groups excluding tert-OH is 1. The lowest BCUT2D eigenvalue weighted by atomic mass is 10.1. The van der Waals surface area contributed by atoms with Gasteiger partial charge in [0.1, 0.15) is 5.60 Å². The van der Waals surface area contributed by atoms with Crippen LogP contribution in [0.5, 0.6) is 0 Å². The lowest BCUT2D eigenvalue weighted by Crippen LogP contribution is -2.42. The summed E-state index contributed by atoms with van der Waals surface area (Å²) in [4.78, 5) is 13.2. The Bertz CT molecular complexity index is 203. The van der Waals surface area contributed by atoms with Crippen molar-refractivity contribution in [1.82, 2.24) is 4.90 Å². The van der Waals surface area contributed by atoms with E-state index in [2.05, 4.69) is 0 Å². The summed E-state index contributed by atoms with van der Waals surface area (Å²) < 4.78 is 5.22. The predicted octanol–water partition coefficient (Wildman–Crippen LogP) is 2.40. The Morgan fingerprint density at radius 2 is 1.69 bits per heavy atom. The summed E-state index contributed by atoms with van der Waals surface area (Å²) in [6.07, 6.45) is 0.775. The second-order valence-corrected chi connectivity index (χ2v) is 4.70. The van der Waals surface area contributed by atoms with E-state index in [1.54, 1.807) is 4.90 Å². The quantitative estimate of drug-likeness (QED) is 0.696. The molecule has 0 unspecified atom stereocenters. The van der Waals surface area contributed by atoms with Crippen molar-refractivity contribution in [2.45, 2.75) is 59.2 Å². The molecular weight excluding hydrogens is 206 g/mol. The van der Waals surface area contributed by atoms with Crippen molar-refractivity contribution in [2.24, 2.45) is 0 Å². The lowest BCUT2D eigenvalue weighted by molar-refractivity contribution is 0.0101. The van der Waals surface area contributed by atoms with Crippen LogP contribution in [0, 0.1) is 0 Å². The fourth-order valence-corrected chi connectivity index (χ4v) is 1.37. The normalized spacial score (nSPS) is 17.5. The number of hydrogen-bond acceptors (Lipinski definition) is 3. The summed E-state index contributed by atoms with van der Waals surface area (Å²) in [6.45, 7) is 10.7. The average molecular weight is 231 g/mol. The number of piperidine rings is 1. The minimum atomic E-state index is -0.437. The molecule has 4 heteroatoms. The second-order valence-electron chi connectivity index (χ2n) is 4.70. The number of amides is 1. The highest BCUT2D eigenvalue weighted by molar-refractivity contribution is 5.68. The molecule has 0 aliphatic carbocycles. The molecule has 1 fully saturated rings. The summed E-state index contributed by atoms with van der Waals surface area (Å²) in [5.74, 6) is 0. The topological polar surface area (TPSA) is 49.8 Å². The fraction of sp³-hybridized carbons (Fsp3) is 0.917. The minimum Gasteiger partial charge on any atom is -0.444 e. The van der Waals surface area contributed by atoms with E-state index in [4.69, 9.17) is 4.74 Å². The summed E-state index contributed by atoms with van der Waals surface area (Å²) in [7, 11) is 0. The van der Waals surface area contributed by atoms with Gasteiger partial charge in [0.25, 0.3) is 0 Å². The van der Waals surface area contributed by atoms with Crippen LogP contribution < -0.4 is 0 Å². The number of nitrogens with zero attached hydrogens (tertiary/aromatic N) is 1. The van der Waals surface area contributed by atoms with Gasteiger partial charge in [0.2, 0.25) is 0 Å². The van der Waals surface area contributed by atoms with Gasteiger partial charge in [-0.3, -0.25) is 0 Å². The molecule has 96 valence electrons. The van der Waals surface area contributed by atoms with Crippen LogP contribution in [-0.2, 0) is 4.74 Å². The van der Waals surface area contributed by atoms with Crippen LogP contribution in [-0.4, -0.2) is 40.9 Å². The number of ether oxygens (including phenoxy) is 1. The maximum atomic E-state index is 11.5. The van der Waals surface area contributed by atoms with Crippen molar-refractivity contribution in [3.63, 3.8) is 0 Å². The molecule has 1 aliphatic heterocycles. The number of aliphatic hydroxyl groups is 1. The van der Waals surface area contributed by atoms with E-state index in [0.29, 0.717) is 25.9 Å². The number of carbonyl (C=O) groups is 1. The monoisotopic (exact) mass is 231 g/mol. The van der Waals surface area contributed by atoms with Crippen LogP contribution in [0.15, 0.2) is 0 Å². The number of hydrogen-bond donors (Lipinski definition) is 1. The number of likely N-dealkylation sites (tertiary alicyclic amines) is 1. The van der Waals surface area contributed by atoms with E-state index in [9.17, 15) is 9.90 Å². The first-order chi connectivity index (χ1) is 7.38. The van der Waals surface area contributed by atoms with Gasteiger partial charge in [0, 0.05) is 13.1 Å². The molecule has 0 radical (unpaired) electrons. The maximum absolute atomic E-state index is 11.5. The van der Waals surface area contributed by atoms with Gasteiger partial charge in [-0.05, 0) is 33.6 Å². The summed E-state index contributed by atoms with van der Waals surface area (Å²) in [5.41, 5.74) is -0.437. The van der Waals surface area contributed by atoms with Crippen LogP contribution in [0.4, 0.5) is 4.79 Å². The molecule has 0 saturated carbocycles. The molecule has 1 saturated heterocycles. The van der Waals surface area contributed by atoms with Crippen LogP contribution in [0.3, 0.4) is 0 Å². The van der Waals surface area contributed by atoms with Crippen molar-refractivity contribution >= 4 is 6.09 Å². The Balaban J connectivity index is 0.00000106. The number of rotatable bonds is 0. The van der Waals surface area contributed by atoms with Gasteiger partial charge >= 0.3 is 6.09 Å². The molecule has 0 aromatic rings. The van der Waals surface area contributed by atoms with Crippen LogP contribution >= 0.6 is 0 Å². The van der Waals surface area contributed by atoms with E-state index in [-0.39, 0.29) is 12.2 Å². The maximum Gasteiger partial charge on any atom is 0.410 e. The molecule has 1 rings (SSSR count). The van der Waals surface area contributed by atoms with Gasteiger partial charge in [-0.1, -0.05) is 13.8 Å². The van der Waals surface area contributed by atoms with Gasteiger partial charge < -0.3 is 14.7 Å². The zero-order chi connectivity index (χ0) is 12.8. The Hall–Kier alpha value is -0.770. The Morgan fingerprint density at radius 1 is 1.25 bits per heavy atom. The summed E-state index contributed by atoms with van der Waals surface area (Å²) >= 11 is 0. The first-order valence-corrected chi connectivity index (χ1v) is 6.04. The largest absolute Gasteiger partial charge is 0.444 e. The summed E-state index contributed by atoms with van der Waals surface area (Å²) in [6, 6.07) is 0. The lowest BCUT2D eigenvalue weighted by Gasteiger charge is -2.31. The molecule has 1 amide bonds. The Labute approximate surface area is 98.6 Å². The molecule has 1 N–H and O–H groups in total. The first-order valence-electron chi connectivity index (χ1n) is 6.04. The van der Waals surface area contributed by atoms with Gasteiger partial charge in [0.05, 0.1) is 6.10 Å². The second kappa shape index (κ2) is 6.74. The van der Waals surface area contributed by atoms with E-state index in [0.717, 1.165) is 0 Å². The number of carbonyl (C=O) groups excluding carboxylic acids is 1. The highest BCUT2D eigenvalue weighted by Crippen LogP contribution is 2.14. The molecule has 1 aliphatic rings. The van der Waals surface area contributed by atoms with Crippen LogP contribution in [0.25, 0.3) is 0 Å². The molecule has 0 aromatic carbocycles. The third kappa shape index (κ3) is 5.95. The molecule has 0 atom stereocenters. The molecule has 0 aromatic heterocycles. The minimum absolute atomic E-state index is 0.256. The van der Waals surface area contributed by atoms with Crippen LogP contribution in [0.1, 0.15) is 47.5 Å². The third-order valence-corrected chi connectivity index (χ3v) is 2.12. The van der Waals surface area contributed by atoms with Gasteiger partial charge in [-0.15, -0.1) is 0 Å². The molecule has 16 heavy (non-hydrogen) atoms. The predicted molar refractivity (Wildman–Crippen MR) is 64.4 cm³/mol. The fourth-order valence-electron chi connectivity index (χ4n) is 1.37. The van der Waals surface area contributed by atoms with Crippen molar-refractivity contribution < 1.29 is 14.6 Å². The van der Waals surface area contributed by atoms with Gasteiger partial charge in [0.15, 0.2) is 0 Å². The first kappa shape index (κ1) is 15.2. The third-order valence-electron chi connectivity index (χ3n) is 2.12. The van der Waals surface area contributed by atoms with Crippen molar-refractivity contribution in [2.75, 3.05) is 13.1 Å². The standard InChI is InChI=1S/C10H19NO3.C2H6/c1-10(2,3)14-9(13)11-6-4-8(12)5-7-11;1-2/h8,12H,4-7H2,1-3H3;1-2H3. The van der Waals surface area contributed by atoms with Crippen molar-refractivity contribution in [3.8, 4) is 0 Å². The highest BCUT2D eigenvalue weighted by Gasteiger charge is 2.25. The zero-order valence-corrected chi connectivity index (χ0v) is 11.1. The van der Waals surface area contributed by atoms with Crippen molar-refractivity contribution in [1.29, 1.82) is 0 Å². The van der Waals surface area contributed by atoms with Crippen molar-refractivity contribution in [3.05, 3.63) is 0 Å². The zero-order valence-electron chi connectivity index (χ0n) is 11.1. The van der Waals surface area contributed by atoms with E-state index in [1.165, 1.54) is 0 Å². The Kier molecular flexibility index (Phi) is 6.41. The van der Waals surface area contributed by atoms with Gasteiger partial charge in [-0.2, -0.15) is 0 Å². The molecule has 0 spiro atoms. The van der Waals surface area contributed by atoms with E-state index < -0.39 is 5.60 Å². The SMILES string of the molecule is CC.CC(C)(C)OC(=O)N1CCC(O)CC1. The van der Waals surface area contributed by atoms with E-state index >= 15 is 0 Å². The molecule has 4 nitrogen and oxygen atoms in total. The van der Waals surface area contributed by atoms with E-state index in [1.807, 2.05) is 34.6 Å². The smallest absolute Gasteiger partial charge is 0.410 e. The molecule has 1 heterocycles. The Morgan fingerprint density at radius 3 is 2.06 bits per heavy atom. The highest BCUT2D eigenvalue weighted by atomic mass is 16.6. The average Bonchev–Trinajstić information content (AvgIpc) is 2.19. The van der Waals surface area contributed by atoms with Gasteiger partial charge in [-0.25, -0.2) is 4.79 Å².